The number of aliphatic hydroxyl groups is 1. The first-order valence-corrected chi connectivity index (χ1v) is 6.21. The van der Waals surface area contributed by atoms with Gasteiger partial charge in [0.2, 0.25) is 0 Å². The van der Waals surface area contributed by atoms with Gasteiger partial charge < -0.3 is 15.2 Å². The van der Waals surface area contributed by atoms with Crippen molar-refractivity contribution in [2.75, 3.05) is 19.0 Å². The molecular weight excluding hydrogens is 283 g/mol. The summed E-state index contributed by atoms with van der Waals surface area (Å²) in [4.78, 5) is 0. The van der Waals surface area contributed by atoms with Crippen molar-refractivity contribution in [2.24, 2.45) is 0 Å². The topological polar surface area (TPSA) is 41.5 Å². The van der Waals surface area contributed by atoms with Crippen molar-refractivity contribution in [2.45, 2.75) is 6.10 Å². The molecule has 0 saturated carbocycles. The van der Waals surface area contributed by atoms with Crippen molar-refractivity contribution in [3.05, 3.63) is 59.4 Å². The molecule has 0 heterocycles. The van der Waals surface area contributed by atoms with E-state index in [-0.39, 0.29) is 17.9 Å². The molecule has 0 bridgehead atoms. The molecular formula is C15H14F3NO2. The fourth-order valence-corrected chi connectivity index (χ4v) is 1.87. The first-order chi connectivity index (χ1) is 10.0. The summed E-state index contributed by atoms with van der Waals surface area (Å²) in [5.41, 5.74) is 0.493. The highest BCUT2D eigenvalue weighted by Gasteiger charge is 2.13. The van der Waals surface area contributed by atoms with Crippen LogP contribution in [0.4, 0.5) is 18.9 Å². The van der Waals surface area contributed by atoms with Gasteiger partial charge in [-0.3, -0.25) is 0 Å². The Balaban J connectivity index is 2.05. The van der Waals surface area contributed by atoms with Gasteiger partial charge >= 0.3 is 0 Å². The van der Waals surface area contributed by atoms with Crippen LogP contribution in [0.15, 0.2) is 36.4 Å². The number of methoxy groups -OCH3 is 1. The standard InChI is InChI=1S/C15H14F3NO2/c1-21-15-7-10(3-5-12(15)17)19-8-14(20)11-4-2-9(16)6-13(11)18/h2-7,14,19-20H,8H2,1H3. The first kappa shape index (κ1) is 15.2. The quantitative estimate of drug-likeness (QED) is 0.890. The molecule has 1 atom stereocenters. The summed E-state index contributed by atoms with van der Waals surface area (Å²) in [6.07, 6.45) is -1.17. The monoisotopic (exact) mass is 297 g/mol. The Bertz CT molecular complexity index is 634. The molecule has 2 aromatic carbocycles. The lowest BCUT2D eigenvalue weighted by molar-refractivity contribution is 0.186. The molecule has 0 aliphatic rings. The lowest BCUT2D eigenvalue weighted by Crippen LogP contribution is -2.13. The van der Waals surface area contributed by atoms with E-state index >= 15 is 0 Å². The SMILES string of the molecule is COc1cc(NCC(O)c2ccc(F)cc2F)ccc1F. The van der Waals surface area contributed by atoms with Crippen LogP contribution in [0.5, 0.6) is 5.75 Å². The predicted molar refractivity (Wildman–Crippen MR) is 72.8 cm³/mol. The average Bonchev–Trinajstić information content (AvgIpc) is 2.46. The summed E-state index contributed by atoms with van der Waals surface area (Å²) >= 11 is 0. The van der Waals surface area contributed by atoms with Crippen LogP contribution in [0.1, 0.15) is 11.7 Å². The molecule has 0 fully saturated rings. The Morgan fingerprint density at radius 1 is 1.10 bits per heavy atom. The van der Waals surface area contributed by atoms with Gasteiger partial charge in [-0.15, -0.1) is 0 Å². The third kappa shape index (κ3) is 3.66. The van der Waals surface area contributed by atoms with E-state index in [1.165, 1.54) is 31.4 Å². The maximum absolute atomic E-state index is 13.5. The highest BCUT2D eigenvalue weighted by atomic mass is 19.1. The van der Waals surface area contributed by atoms with Crippen LogP contribution in [0.3, 0.4) is 0 Å². The minimum absolute atomic E-state index is 0.0158. The smallest absolute Gasteiger partial charge is 0.165 e. The summed E-state index contributed by atoms with van der Waals surface area (Å²) in [5.74, 6) is -1.98. The molecule has 0 saturated heterocycles. The van der Waals surface area contributed by atoms with Crippen LogP contribution < -0.4 is 10.1 Å². The highest BCUT2D eigenvalue weighted by molar-refractivity contribution is 5.49. The fraction of sp³-hybridized carbons (Fsp3) is 0.200. The second-order valence-electron chi connectivity index (χ2n) is 4.41. The normalized spacial score (nSPS) is 12.0. The summed E-state index contributed by atoms with van der Waals surface area (Å²) in [6, 6.07) is 7.06. The Morgan fingerprint density at radius 3 is 2.52 bits per heavy atom. The molecule has 0 radical (unpaired) electrons. The fourth-order valence-electron chi connectivity index (χ4n) is 1.87. The molecule has 0 spiro atoms. The van der Waals surface area contributed by atoms with Gasteiger partial charge in [0.15, 0.2) is 11.6 Å². The van der Waals surface area contributed by atoms with E-state index in [2.05, 4.69) is 5.32 Å². The maximum atomic E-state index is 13.5. The lowest BCUT2D eigenvalue weighted by Gasteiger charge is -2.14. The van der Waals surface area contributed by atoms with Crippen LogP contribution in [-0.2, 0) is 0 Å². The number of nitrogens with one attached hydrogen (secondary N) is 1. The molecule has 2 aromatic rings. The molecule has 112 valence electrons. The number of halogens is 3. The number of ether oxygens (including phenoxy) is 1. The van der Waals surface area contributed by atoms with E-state index in [1.807, 2.05) is 0 Å². The third-order valence-corrected chi connectivity index (χ3v) is 2.97. The Kier molecular flexibility index (Phi) is 4.70. The van der Waals surface area contributed by atoms with Gasteiger partial charge in [-0.05, 0) is 18.2 Å². The van der Waals surface area contributed by atoms with Crippen molar-refractivity contribution in [3.8, 4) is 5.75 Å². The van der Waals surface area contributed by atoms with E-state index in [0.717, 1.165) is 6.07 Å². The maximum Gasteiger partial charge on any atom is 0.165 e. The number of anilines is 1. The van der Waals surface area contributed by atoms with E-state index in [4.69, 9.17) is 4.74 Å². The second kappa shape index (κ2) is 6.49. The van der Waals surface area contributed by atoms with Crippen molar-refractivity contribution in [1.82, 2.24) is 0 Å². The Hall–Kier alpha value is -2.21. The minimum Gasteiger partial charge on any atom is -0.494 e. The van der Waals surface area contributed by atoms with Crippen molar-refractivity contribution >= 4 is 5.69 Å². The minimum atomic E-state index is -1.17. The van der Waals surface area contributed by atoms with E-state index in [1.54, 1.807) is 0 Å². The van der Waals surface area contributed by atoms with E-state index in [9.17, 15) is 18.3 Å². The molecule has 3 nitrogen and oxygen atoms in total. The van der Waals surface area contributed by atoms with Crippen LogP contribution >= 0.6 is 0 Å². The number of hydrogen-bond donors (Lipinski definition) is 2. The number of rotatable bonds is 5. The van der Waals surface area contributed by atoms with Gasteiger partial charge in [0.1, 0.15) is 11.6 Å². The first-order valence-electron chi connectivity index (χ1n) is 6.21. The van der Waals surface area contributed by atoms with Crippen LogP contribution in [0.2, 0.25) is 0 Å². The zero-order chi connectivity index (χ0) is 15.4. The van der Waals surface area contributed by atoms with Crippen LogP contribution in [0, 0.1) is 17.5 Å². The Labute approximate surface area is 120 Å². The number of hydrogen-bond acceptors (Lipinski definition) is 3. The van der Waals surface area contributed by atoms with Gasteiger partial charge in [0.05, 0.1) is 13.2 Å². The third-order valence-electron chi connectivity index (χ3n) is 2.97. The molecule has 0 aromatic heterocycles. The highest BCUT2D eigenvalue weighted by Crippen LogP contribution is 2.23. The number of benzene rings is 2. The van der Waals surface area contributed by atoms with E-state index < -0.39 is 23.6 Å². The van der Waals surface area contributed by atoms with Gasteiger partial charge in [-0.1, -0.05) is 6.07 Å². The number of aliphatic hydroxyl groups excluding tert-OH is 1. The van der Waals surface area contributed by atoms with Crippen LogP contribution in [-0.4, -0.2) is 18.8 Å². The van der Waals surface area contributed by atoms with Crippen molar-refractivity contribution < 1.29 is 23.0 Å². The molecule has 0 aliphatic heterocycles. The van der Waals surface area contributed by atoms with Gasteiger partial charge in [0.25, 0.3) is 0 Å². The van der Waals surface area contributed by atoms with Crippen molar-refractivity contribution in [3.63, 3.8) is 0 Å². The molecule has 2 N–H and O–H groups in total. The van der Waals surface area contributed by atoms with Crippen molar-refractivity contribution in [1.29, 1.82) is 0 Å². The molecule has 0 amide bonds. The molecule has 2 rings (SSSR count). The zero-order valence-corrected chi connectivity index (χ0v) is 11.2. The molecule has 0 aliphatic carbocycles. The average molecular weight is 297 g/mol. The van der Waals surface area contributed by atoms with E-state index in [0.29, 0.717) is 11.8 Å². The zero-order valence-electron chi connectivity index (χ0n) is 11.2. The van der Waals surface area contributed by atoms with Crippen LogP contribution in [0.25, 0.3) is 0 Å². The summed E-state index contributed by atoms with van der Waals surface area (Å²) in [7, 11) is 1.34. The lowest BCUT2D eigenvalue weighted by atomic mass is 10.1. The molecule has 6 heteroatoms. The molecule has 21 heavy (non-hydrogen) atoms. The molecule has 1 unspecified atom stereocenters. The predicted octanol–water partition coefficient (Wildman–Crippen LogP) is 3.26. The second-order valence-corrected chi connectivity index (χ2v) is 4.41. The summed E-state index contributed by atoms with van der Waals surface area (Å²) in [5, 5.41) is 12.7. The van der Waals surface area contributed by atoms with Gasteiger partial charge in [-0.25, -0.2) is 13.2 Å². The summed E-state index contributed by atoms with van der Waals surface area (Å²) < 4.78 is 44.4. The largest absolute Gasteiger partial charge is 0.494 e. The van der Waals surface area contributed by atoms with Gasteiger partial charge in [-0.2, -0.15) is 0 Å². The Morgan fingerprint density at radius 2 is 1.86 bits per heavy atom. The summed E-state index contributed by atoms with van der Waals surface area (Å²) in [6.45, 7) is -0.0165. The van der Waals surface area contributed by atoms with Gasteiger partial charge in [0, 0.05) is 29.9 Å².